The molecule has 0 aliphatic carbocycles. The molecule has 0 radical (unpaired) electrons. The van der Waals surface area contributed by atoms with Gasteiger partial charge < -0.3 is 14.9 Å². The largest absolute Gasteiger partial charge is 0.493 e. The average molecular weight is 383 g/mol. The second-order valence-corrected chi connectivity index (χ2v) is 6.96. The minimum absolute atomic E-state index is 0.114. The molecule has 6 nitrogen and oxygen atoms in total. The van der Waals surface area contributed by atoms with Crippen LogP contribution in [0.25, 0.3) is 0 Å². The molecule has 1 unspecified atom stereocenters. The Labute approximate surface area is 167 Å². The first-order valence-electron chi connectivity index (χ1n) is 9.66. The summed E-state index contributed by atoms with van der Waals surface area (Å²) < 4.78 is 11.2. The van der Waals surface area contributed by atoms with E-state index in [4.69, 9.17) is 15.3 Å². The van der Waals surface area contributed by atoms with Gasteiger partial charge in [0.15, 0.2) is 11.5 Å². The first kappa shape index (κ1) is 20.2. The lowest BCUT2D eigenvalue weighted by Gasteiger charge is -2.38. The summed E-state index contributed by atoms with van der Waals surface area (Å²) in [5, 5.41) is 0. The van der Waals surface area contributed by atoms with Crippen LogP contribution in [0.1, 0.15) is 35.9 Å². The third-order valence-electron chi connectivity index (χ3n) is 5.54. The van der Waals surface area contributed by atoms with Gasteiger partial charge in [-0.1, -0.05) is 42.5 Å². The molecule has 0 amide bonds. The van der Waals surface area contributed by atoms with E-state index in [9.17, 15) is 0 Å². The molecule has 1 heterocycles. The molecule has 1 aliphatic heterocycles. The van der Waals surface area contributed by atoms with Crippen molar-refractivity contribution in [2.75, 3.05) is 34.4 Å². The highest BCUT2D eigenvalue weighted by Crippen LogP contribution is 2.39. The van der Waals surface area contributed by atoms with Crippen LogP contribution in [0.5, 0.6) is 11.5 Å². The van der Waals surface area contributed by atoms with Crippen molar-refractivity contribution >= 4 is 5.84 Å². The van der Waals surface area contributed by atoms with Crippen LogP contribution in [0.15, 0.2) is 53.5 Å². The molecule has 0 aromatic heterocycles. The zero-order valence-corrected chi connectivity index (χ0v) is 16.9. The number of ether oxygens (including phenoxy) is 2. The van der Waals surface area contributed by atoms with Crippen LogP contribution < -0.4 is 20.7 Å². The van der Waals surface area contributed by atoms with E-state index in [2.05, 4.69) is 51.7 Å². The van der Waals surface area contributed by atoms with Gasteiger partial charge in [0.05, 0.1) is 20.3 Å². The maximum Gasteiger partial charge on any atom is 0.165 e. The molecule has 28 heavy (non-hydrogen) atoms. The van der Waals surface area contributed by atoms with E-state index >= 15 is 0 Å². The molecule has 0 bridgehead atoms. The average Bonchev–Trinajstić information content (AvgIpc) is 2.77. The van der Waals surface area contributed by atoms with Gasteiger partial charge in [-0.05, 0) is 43.5 Å². The molecule has 1 atom stereocenters. The molecular weight excluding hydrogens is 352 g/mol. The van der Waals surface area contributed by atoms with Crippen molar-refractivity contribution in [1.29, 1.82) is 0 Å². The van der Waals surface area contributed by atoms with Crippen molar-refractivity contribution in [3.05, 3.63) is 59.7 Å². The maximum absolute atomic E-state index is 5.83. The summed E-state index contributed by atoms with van der Waals surface area (Å²) >= 11 is 0. The first-order chi connectivity index (χ1) is 13.7. The Kier molecular flexibility index (Phi) is 6.90. The summed E-state index contributed by atoms with van der Waals surface area (Å²) in [4.78, 5) is 6.82. The van der Waals surface area contributed by atoms with Gasteiger partial charge in [0.25, 0.3) is 0 Å². The topological polar surface area (TPSA) is 72.1 Å². The van der Waals surface area contributed by atoms with Gasteiger partial charge in [0.2, 0.25) is 0 Å². The summed E-state index contributed by atoms with van der Waals surface area (Å²) in [6, 6.07) is 16.6. The lowest BCUT2D eigenvalue weighted by atomic mass is 9.88. The number of hydrazine groups is 1. The molecule has 3 N–H and O–H groups in total. The standard InChI is InChI=1S/C22H30N4O2/c1-24-22(25-23)20(18-10-7-11-19(27-2)21(18)28-3)26-14-12-17(13-15-26)16-8-5-4-6-9-16/h4-11,17,20H,12-15,23H2,1-3H3,(H,24,25). The van der Waals surface area contributed by atoms with Crippen LogP contribution >= 0.6 is 0 Å². The van der Waals surface area contributed by atoms with Crippen molar-refractivity contribution < 1.29 is 9.47 Å². The number of nitrogens with zero attached hydrogens (tertiary/aromatic N) is 2. The van der Waals surface area contributed by atoms with Crippen LogP contribution in [0.3, 0.4) is 0 Å². The first-order valence-corrected chi connectivity index (χ1v) is 9.66. The molecule has 1 fully saturated rings. The summed E-state index contributed by atoms with van der Waals surface area (Å²) in [6.45, 7) is 1.90. The summed E-state index contributed by atoms with van der Waals surface area (Å²) in [6.07, 6.45) is 2.18. The highest BCUT2D eigenvalue weighted by molar-refractivity contribution is 5.89. The third kappa shape index (κ3) is 4.13. The lowest BCUT2D eigenvalue weighted by molar-refractivity contribution is 0.183. The molecule has 2 aromatic carbocycles. The number of nitrogens with one attached hydrogen (secondary N) is 1. The molecule has 0 spiro atoms. The van der Waals surface area contributed by atoms with Crippen LogP contribution in [-0.2, 0) is 0 Å². The van der Waals surface area contributed by atoms with Crippen LogP contribution in [-0.4, -0.2) is 45.1 Å². The van der Waals surface area contributed by atoms with Crippen LogP contribution in [0, 0.1) is 0 Å². The second-order valence-electron chi connectivity index (χ2n) is 6.96. The number of aliphatic imine (C=N–C) groups is 1. The zero-order valence-electron chi connectivity index (χ0n) is 16.9. The van der Waals surface area contributed by atoms with E-state index in [0.717, 1.165) is 37.2 Å². The molecule has 150 valence electrons. The van der Waals surface area contributed by atoms with E-state index in [1.54, 1.807) is 21.3 Å². The number of hydrogen-bond acceptors (Lipinski definition) is 5. The van der Waals surface area contributed by atoms with E-state index in [-0.39, 0.29) is 6.04 Å². The number of likely N-dealkylation sites (tertiary alicyclic amines) is 1. The molecule has 1 saturated heterocycles. The van der Waals surface area contributed by atoms with E-state index < -0.39 is 0 Å². The Hall–Kier alpha value is -2.57. The van der Waals surface area contributed by atoms with Gasteiger partial charge in [0, 0.05) is 12.6 Å². The summed E-state index contributed by atoms with van der Waals surface area (Å²) in [5.41, 5.74) is 5.21. The Balaban J connectivity index is 1.89. The second kappa shape index (κ2) is 9.57. The summed E-state index contributed by atoms with van der Waals surface area (Å²) in [7, 11) is 5.07. The normalized spacial score (nSPS) is 17.2. The van der Waals surface area contributed by atoms with Crippen molar-refractivity contribution in [3.8, 4) is 11.5 Å². The number of piperidine rings is 1. The number of nitrogens with two attached hydrogens (primary N) is 1. The minimum atomic E-state index is -0.114. The summed E-state index contributed by atoms with van der Waals surface area (Å²) in [5.74, 6) is 8.55. The van der Waals surface area contributed by atoms with Gasteiger partial charge in [-0.2, -0.15) is 0 Å². The van der Waals surface area contributed by atoms with Gasteiger partial charge in [-0.15, -0.1) is 0 Å². The molecule has 6 heteroatoms. The third-order valence-corrected chi connectivity index (χ3v) is 5.54. The van der Waals surface area contributed by atoms with Gasteiger partial charge in [-0.25, -0.2) is 5.84 Å². The van der Waals surface area contributed by atoms with E-state index in [0.29, 0.717) is 17.5 Å². The number of rotatable bonds is 6. The highest BCUT2D eigenvalue weighted by Gasteiger charge is 2.32. The van der Waals surface area contributed by atoms with Gasteiger partial charge >= 0.3 is 0 Å². The monoisotopic (exact) mass is 382 g/mol. The fraction of sp³-hybridized carbons (Fsp3) is 0.409. The quantitative estimate of drug-likeness (QED) is 0.348. The van der Waals surface area contributed by atoms with Gasteiger partial charge in [0.1, 0.15) is 5.84 Å². The Morgan fingerprint density at radius 1 is 1.07 bits per heavy atom. The van der Waals surface area contributed by atoms with Crippen LogP contribution in [0.2, 0.25) is 0 Å². The van der Waals surface area contributed by atoms with Crippen LogP contribution in [0.4, 0.5) is 0 Å². The smallest absolute Gasteiger partial charge is 0.165 e. The minimum Gasteiger partial charge on any atom is -0.493 e. The molecule has 3 rings (SSSR count). The Morgan fingerprint density at radius 3 is 2.36 bits per heavy atom. The highest BCUT2D eigenvalue weighted by atomic mass is 16.5. The predicted octanol–water partition coefficient (Wildman–Crippen LogP) is 3.12. The zero-order chi connectivity index (χ0) is 19.9. The number of benzene rings is 2. The number of amidine groups is 1. The number of methoxy groups -OCH3 is 2. The predicted molar refractivity (Wildman–Crippen MR) is 113 cm³/mol. The Morgan fingerprint density at radius 2 is 1.79 bits per heavy atom. The van der Waals surface area contributed by atoms with Gasteiger partial charge in [-0.3, -0.25) is 9.89 Å². The SMILES string of the molecule is CN=C(NN)C(c1cccc(OC)c1OC)N1CCC(c2ccccc2)CC1. The fourth-order valence-corrected chi connectivity index (χ4v) is 4.13. The van der Waals surface area contributed by atoms with Crippen molar-refractivity contribution in [3.63, 3.8) is 0 Å². The molecule has 1 aliphatic rings. The number of para-hydroxylation sites is 1. The maximum atomic E-state index is 5.83. The Bertz CT molecular complexity index is 786. The van der Waals surface area contributed by atoms with Crippen molar-refractivity contribution in [2.24, 2.45) is 10.8 Å². The van der Waals surface area contributed by atoms with E-state index in [1.807, 2.05) is 12.1 Å². The van der Waals surface area contributed by atoms with E-state index in [1.165, 1.54) is 5.56 Å². The molecule has 2 aromatic rings. The lowest BCUT2D eigenvalue weighted by Crippen LogP contribution is -2.46. The number of hydrogen-bond donors (Lipinski definition) is 2. The van der Waals surface area contributed by atoms with Crippen molar-refractivity contribution in [2.45, 2.75) is 24.8 Å². The molecular formula is C22H30N4O2. The fourth-order valence-electron chi connectivity index (χ4n) is 4.13. The molecule has 0 saturated carbocycles. The van der Waals surface area contributed by atoms with Crippen molar-refractivity contribution in [1.82, 2.24) is 10.3 Å².